The number of rotatable bonds is 6. The first kappa shape index (κ1) is 20.6. The van der Waals surface area contributed by atoms with Gasteiger partial charge in [0.15, 0.2) is 0 Å². The molecule has 0 aliphatic carbocycles. The van der Waals surface area contributed by atoms with Crippen molar-refractivity contribution in [2.45, 2.75) is 18.2 Å². The summed E-state index contributed by atoms with van der Waals surface area (Å²) in [6.45, 7) is 5.96. The molecule has 0 N–H and O–H groups in total. The van der Waals surface area contributed by atoms with Gasteiger partial charge in [-0.1, -0.05) is 24.3 Å². The number of hydrogen-bond acceptors (Lipinski definition) is 5. The van der Waals surface area contributed by atoms with Crippen LogP contribution in [0.1, 0.15) is 13.3 Å². The highest BCUT2D eigenvalue weighted by Crippen LogP contribution is 2.35. The molecule has 0 atom stereocenters. The fraction of sp³-hybridized carbons (Fsp3) is 0.391. The Bertz CT molecular complexity index is 912. The zero-order chi connectivity index (χ0) is 20.9. The van der Waals surface area contributed by atoms with Crippen LogP contribution in [0.4, 0.5) is 11.4 Å². The molecular weight excluding hydrogens is 398 g/mol. The number of anilines is 2. The highest BCUT2D eigenvalue weighted by Gasteiger charge is 2.27. The van der Waals surface area contributed by atoms with E-state index in [0.717, 1.165) is 35.1 Å². The SMILES string of the molecule is CCOc1ccccc1N1CCN(C(=O)CCN2C(=O)CSc3ccccc32)CC1. The molecule has 2 aromatic carbocycles. The Kier molecular flexibility index (Phi) is 6.47. The third-order valence-electron chi connectivity index (χ3n) is 5.50. The molecule has 2 amide bonds. The van der Waals surface area contributed by atoms with Gasteiger partial charge in [-0.05, 0) is 31.2 Å². The molecule has 7 heteroatoms. The molecule has 2 aliphatic rings. The Balaban J connectivity index is 1.33. The summed E-state index contributed by atoms with van der Waals surface area (Å²) >= 11 is 1.56. The summed E-state index contributed by atoms with van der Waals surface area (Å²) in [7, 11) is 0. The van der Waals surface area contributed by atoms with E-state index in [1.807, 2.05) is 54.3 Å². The number of hydrogen-bond donors (Lipinski definition) is 0. The van der Waals surface area contributed by atoms with Gasteiger partial charge in [0.1, 0.15) is 5.75 Å². The second-order valence-corrected chi connectivity index (χ2v) is 8.34. The van der Waals surface area contributed by atoms with Crippen LogP contribution in [0.15, 0.2) is 53.4 Å². The predicted molar refractivity (Wildman–Crippen MR) is 121 cm³/mol. The zero-order valence-electron chi connectivity index (χ0n) is 17.3. The largest absolute Gasteiger partial charge is 0.492 e. The number of piperazine rings is 1. The topological polar surface area (TPSA) is 53.1 Å². The molecule has 0 bridgehead atoms. The van der Waals surface area contributed by atoms with Crippen LogP contribution < -0.4 is 14.5 Å². The van der Waals surface area contributed by atoms with E-state index in [0.29, 0.717) is 38.4 Å². The molecule has 4 rings (SSSR count). The van der Waals surface area contributed by atoms with Crippen LogP contribution in [0, 0.1) is 0 Å². The van der Waals surface area contributed by atoms with Crippen molar-refractivity contribution in [3.05, 3.63) is 48.5 Å². The molecule has 1 saturated heterocycles. The molecule has 158 valence electrons. The lowest BCUT2D eigenvalue weighted by molar-refractivity contribution is -0.131. The number of fused-ring (bicyclic) bond motifs is 1. The van der Waals surface area contributed by atoms with Gasteiger partial charge in [-0.25, -0.2) is 0 Å². The van der Waals surface area contributed by atoms with E-state index < -0.39 is 0 Å². The zero-order valence-corrected chi connectivity index (χ0v) is 18.1. The molecule has 0 saturated carbocycles. The highest BCUT2D eigenvalue weighted by atomic mass is 32.2. The van der Waals surface area contributed by atoms with Gasteiger partial charge in [-0.15, -0.1) is 11.8 Å². The second-order valence-electron chi connectivity index (χ2n) is 7.32. The quantitative estimate of drug-likeness (QED) is 0.711. The van der Waals surface area contributed by atoms with E-state index in [9.17, 15) is 9.59 Å². The minimum absolute atomic E-state index is 0.0730. The first-order valence-electron chi connectivity index (χ1n) is 10.4. The molecule has 1 fully saturated rings. The molecule has 2 heterocycles. The molecule has 0 radical (unpaired) electrons. The van der Waals surface area contributed by atoms with E-state index in [-0.39, 0.29) is 11.8 Å². The van der Waals surface area contributed by atoms with Crippen LogP contribution in [-0.4, -0.2) is 61.8 Å². The van der Waals surface area contributed by atoms with Crippen LogP contribution in [-0.2, 0) is 9.59 Å². The summed E-state index contributed by atoms with van der Waals surface area (Å²) < 4.78 is 5.75. The van der Waals surface area contributed by atoms with Crippen molar-refractivity contribution in [2.75, 3.05) is 54.9 Å². The summed E-state index contributed by atoms with van der Waals surface area (Å²) in [5.41, 5.74) is 2.00. The summed E-state index contributed by atoms with van der Waals surface area (Å²) in [6.07, 6.45) is 0.347. The highest BCUT2D eigenvalue weighted by molar-refractivity contribution is 8.00. The smallest absolute Gasteiger partial charge is 0.237 e. The maximum absolute atomic E-state index is 12.8. The minimum atomic E-state index is 0.0730. The number of carbonyl (C=O) groups excluding carboxylic acids is 2. The molecule has 0 spiro atoms. The monoisotopic (exact) mass is 425 g/mol. The molecule has 2 aliphatic heterocycles. The normalized spacial score (nSPS) is 16.4. The van der Waals surface area contributed by atoms with Gasteiger partial charge in [0.05, 0.1) is 23.7 Å². The summed E-state index contributed by atoms with van der Waals surface area (Å²) in [6, 6.07) is 16.0. The van der Waals surface area contributed by atoms with E-state index >= 15 is 0 Å². The standard InChI is InChI=1S/C23H27N3O3S/c1-2-29-20-9-5-3-7-18(20)24-13-15-25(16-14-24)22(27)11-12-26-19-8-4-6-10-21(19)30-17-23(26)28/h3-10H,2,11-17H2,1H3. The number of amides is 2. The molecule has 6 nitrogen and oxygen atoms in total. The van der Waals surface area contributed by atoms with Gasteiger partial charge < -0.3 is 19.4 Å². The number of nitrogens with zero attached hydrogens (tertiary/aromatic N) is 3. The number of para-hydroxylation sites is 3. The van der Waals surface area contributed by atoms with Crippen molar-refractivity contribution < 1.29 is 14.3 Å². The van der Waals surface area contributed by atoms with Crippen LogP contribution >= 0.6 is 11.8 Å². The van der Waals surface area contributed by atoms with Crippen LogP contribution in [0.25, 0.3) is 0 Å². The fourth-order valence-electron chi connectivity index (χ4n) is 3.96. The van der Waals surface area contributed by atoms with Crippen molar-refractivity contribution in [1.29, 1.82) is 0 Å². The Labute approximate surface area is 181 Å². The third kappa shape index (κ3) is 4.41. The first-order chi connectivity index (χ1) is 14.7. The molecule has 2 aromatic rings. The average molecular weight is 426 g/mol. The Morgan fingerprint density at radius 3 is 2.47 bits per heavy atom. The van der Waals surface area contributed by atoms with Gasteiger partial charge in [0.25, 0.3) is 0 Å². The summed E-state index contributed by atoms with van der Waals surface area (Å²) in [5.74, 6) is 1.50. The number of thioether (sulfide) groups is 1. The summed E-state index contributed by atoms with van der Waals surface area (Å²) in [4.78, 5) is 32.3. The maximum atomic E-state index is 12.8. The van der Waals surface area contributed by atoms with Crippen molar-refractivity contribution in [3.63, 3.8) is 0 Å². The van der Waals surface area contributed by atoms with Gasteiger partial charge in [-0.2, -0.15) is 0 Å². The lowest BCUT2D eigenvalue weighted by Crippen LogP contribution is -2.49. The lowest BCUT2D eigenvalue weighted by atomic mass is 10.2. The second kappa shape index (κ2) is 9.43. The Hall–Kier alpha value is -2.67. The third-order valence-corrected chi connectivity index (χ3v) is 6.54. The van der Waals surface area contributed by atoms with E-state index in [1.54, 1.807) is 16.7 Å². The number of ether oxygens (including phenoxy) is 1. The van der Waals surface area contributed by atoms with Crippen LogP contribution in [0.3, 0.4) is 0 Å². The predicted octanol–water partition coefficient (Wildman–Crippen LogP) is 3.26. The number of carbonyl (C=O) groups is 2. The van der Waals surface area contributed by atoms with Gasteiger partial charge >= 0.3 is 0 Å². The average Bonchev–Trinajstić information content (AvgIpc) is 2.79. The fourth-order valence-corrected chi connectivity index (χ4v) is 4.89. The van der Waals surface area contributed by atoms with E-state index in [4.69, 9.17) is 4.74 Å². The molecule has 0 unspecified atom stereocenters. The van der Waals surface area contributed by atoms with Crippen molar-refractivity contribution in [1.82, 2.24) is 4.90 Å². The first-order valence-corrected chi connectivity index (χ1v) is 11.4. The van der Waals surface area contributed by atoms with E-state index in [2.05, 4.69) is 11.0 Å². The lowest BCUT2D eigenvalue weighted by Gasteiger charge is -2.37. The Morgan fingerprint density at radius 2 is 1.70 bits per heavy atom. The van der Waals surface area contributed by atoms with Crippen LogP contribution in [0.5, 0.6) is 5.75 Å². The molecular formula is C23H27N3O3S. The molecule has 0 aromatic heterocycles. The summed E-state index contributed by atoms with van der Waals surface area (Å²) in [5, 5.41) is 0. The van der Waals surface area contributed by atoms with Gasteiger partial charge in [0.2, 0.25) is 11.8 Å². The van der Waals surface area contributed by atoms with Crippen molar-refractivity contribution >= 4 is 35.0 Å². The number of benzene rings is 2. The minimum Gasteiger partial charge on any atom is -0.492 e. The van der Waals surface area contributed by atoms with Crippen molar-refractivity contribution in [2.24, 2.45) is 0 Å². The van der Waals surface area contributed by atoms with Gasteiger partial charge in [-0.3, -0.25) is 9.59 Å². The van der Waals surface area contributed by atoms with Crippen molar-refractivity contribution in [3.8, 4) is 5.75 Å². The van der Waals surface area contributed by atoms with Crippen LogP contribution in [0.2, 0.25) is 0 Å². The van der Waals surface area contributed by atoms with E-state index in [1.165, 1.54) is 0 Å². The van der Waals surface area contributed by atoms with Gasteiger partial charge in [0, 0.05) is 44.0 Å². The molecule has 30 heavy (non-hydrogen) atoms. The Morgan fingerprint density at radius 1 is 1.00 bits per heavy atom. The maximum Gasteiger partial charge on any atom is 0.237 e.